The molecular formula is C28H29FO9. The second-order valence-corrected chi connectivity index (χ2v) is 8.92. The maximum Gasteiger partial charge on any atom is 0.508 e. The van der Waals surface area contributed by atoms with Gasteiger partial charge in [0.05, 0.1) is 18.6 Å². The zero-order valence-corrected chi connectivity index (χ0v) is 21.3. The van der Waals surface area contributed by atoms with Gasteiger partial charge in [0, 0.05) is 11.1 Å². The van der Waals surface area contributed by atoms with Crippen molar-refractivity contribution in [1.82, 2.24) is 0 Å². The number of benzene rings is 2. The first-order chi connectivity index (χ1) is 18.1. The molecule has 9 nitrogen and oxygen atoms in total. The van der Waals surface area contributed by atoms with Crippen LogP contribution in [0.15, 0.2) is 66.8 Å². The number of esters is 2. The fraction of sp³-hybridized carbons (Fsp3) is 0.321. The molecule has 1 heterocycles. The molecule has 0 aliphatic carbocycles. The quantitative estimate of drug-likeness (QED) is 0.169. The van der Waals surface area contributed by atoms with Crippen LogP contribution in [0.25, 0.3) is 11.1 Å². The van der Waals surface area contributed by atoms with E-state index in [2.05, 4.69) is 13.2 Å². The maximum absolute atomic E-state index is 14.4. The zero-order chi connectivity index (χ0) is 27.7. The van der Waals surface area contributed by atoms with E-state index in [9.17, 15) is 18.8 Å². The Morgan fingerprint density at radius 1 is 0.921 bits per heavy atom. The fourth-order valence-corrected chi connectivity index (χ4v) is 3.25. The van der Waals surface area contributed by atoms with Gasteiger partial charge in [0.15, 0.2) is 11.6 Å². The van der Waals surface area contributed by atoms with E-state index in [1.165, 1.54) is 19.1 Å². The molecule has 0 bridgehead atoms. The van der Waals surface area contributed by atoms with E-state index >= 15 is 0 Å². The highest BCUT2D eigenvalue weighted by molar-refractivity contribution is 5.89. The zero-order valence-electron chi connectivity index (χ0n) is 21.3. The molecule has 0 atom stereocenters. The summed E-state index contributed by atoms with van der Waals surface area (Å²) in [7, 11) is 0. The van der Waals surface area contributed by atoms with E-state index in [1.807, 2.05) is 0 Å². The first-order valence-electron chi connectivity index (χ1n) is 11.7. The minimum Gasteiger partial charge on any atom is -0.493 e. The third-order valence-electron chi connectivity index (χ3n) is 5.43. The minimum atomic E-state index is -0.773. The summed E-state index contributed by atoms with van der Waals surface area (Å²) >= 11 is 0. The highest BCUT2D eigenvalue weighted by Gasteiger charge is 2.39. The van der Waals surface area contributed by atoms with Gasteiger partial charge in [0.1, 0.15) is 32.2 Å². The number of carbonyl (C=O) groups excluding carboxylic acids is 3. The third kappa shape index (κ3) is 7.91. The number of carbonyl (C=O) groups is 3. The summed E-state index contributed by atoms with van der Waals surface area (Å²) in [5.74, 6) is -1.55. The number of hydrogen-bond acceptors (Lipinski definition) is 9. The lowest BCUT2D eigenvalue weighted by Crippen LogP contribution is -2.47. The second-order valence-electron chi connectivity index (χ2n) is 8.92. The second kappa shape index (κ2) is 12.9. The first-order valence-corrected chi connectivity index (χ1v) is 11.7. The largest absolute Gasteiger partial charge is 0.508 e. The molecule has 1 aliphatic heterocycles. The Kier molecular flexibility index (Phi) is 9.61. The summed E-state index contributed by atoms with van der Waals surface area (Å²) in [5, 5.41) is 0. The monoisotopic (exact) mass is 528 g/mol. The van der Waals surface area contributed by atoms with Gasteiger partial charge in [0.25, 0.3) is 0 Å². The summed E-state index contributed by atoms with van der Waals surface area (Å²) in [6, 6.07) is 11.2. The topological polar surface area (TPSA) is 107 Å². The van der Waals surface area contributed by atoms with Gasteiger partial charge in [-0.05, 0) is 49.2 Å². The molecule has 3 rings (SSSR count). The van der Waals surface area contributed by atoms with Crippen LogP contribution in [0.1, 0.15) is 13.8 Å². The van der Waals surface area contributed by atoms with Crippen LogP contribution in [0.2, 0.25) is 0 Å². The summed E-state index contributed by atoms with van der Waals surface area (Å²) in [6.07, 6.45) is -0.770. The SMILES string of the molecule is C=C(C)C(=O)OCCOCC1(COc2ccc(-c3ccc(OC(=O)C(=C)C)c(F)c3)cc2)COC(=O)OC1. The number of rotatable bonds is 12. The van der Waals surface area contributed by atoms with E-state index in [0.717, 1.165) is 0 Å². The van der Waals surface area contributed by atoms with Gasteiger partial charge in [0.2, 0.25) is 0 Å². The van der Waals surface area contributed by atoms with Crippen molar-refractivity contribution in [1.29, 1.82) is 0 Å². The molecule has 1 aliphatic rings. The van der Waals surface area contributed by atoms with E-state index in [0.29, 0.717) is 22.4 Å². The highest BCUT2D eigenvalue weighted by Crippen LogP contribution is 2.29. The molecule has 2 aromatic rings. The van der Waals surface area contributed by atoms with Crippen LogP contribution in [0.3, 0.4) is 0 Å². The molecule has 202 valence electrons. The van der Waals surface area contributed by atoms with Gasteiger partial charge < -0.3 is 28.4 Å². The summed E-state index contributed by atoms with van der Waals surface area (Å²) < 4.78 is 46.1. The molecule has 0 amide bonds. The smallest absolute Gasteiger partial charge is 0.493 e. The average molecular weight is 529 g/mol. The Balaban J connectivity index is 1.58. The normalized spacial score (nSPS) is 14.0. The van der Waals surface area contributed by atoms with Crippen LogP contribution in [-0.4, -0.2) is 57.7 Å². The summed E-state index contributed by atoms with van der Waals surface area (Å²) in [6.45, 7) is 10.5. The molecular weight excluding hydrogens is 499 g/mol. The van der Waals surface area contributed by atoms with Crippen LogP contribution >= 0.6 is 0 Å². The van der Waals surface area contributed by atoms with Crippen LogP contribution in [0.4, 0.5) is 9.18 Å². The van der Waals surface area contributed by atoms with Crippen LogP contribution in [0.5, 0.6) is 11.5 Å². The Morgan fingerprint density at radius 2 is 1.55 bits per heavy atom. The van der Waals surface area contributed by atoms with Crippen LogP contribution in [-0.2, 0) is 28.5 Å². The van der Waals surface area contributed by atoms with E-state index < -0.39 is 29.3 Å². The lowest BCUT2D eigenvalue weighted by atomic mass is 9.91. The minimum absolute atomic E-state index is 0.0248. The van der Waals surface area contributed by atoms with Crippen molar-refractivity contribution in [2.45, 2.75) is 13.8 Å². The summed E-state index contributed by atoms with van der Waals surface area (Å²) in [5.41, 5.74) is 0.977. The van der Waals surface area contributed by atoms with Crippen molar-refractivity contribution in [3.63, 3.8) is 0 Å². The number of cyclic esters (lactones) is 2. The molecule has 10 heteroatoms. The number of ether oxygens (including phenoxy) is 6. The molecule has 0 saturated carbocycles. The fourth-order valence-electron chi connectivity index (χ4n) is 3.25. The number of hydrogen-bond donors (Lipinski definition) is 0. The standard InChI is InChI=1S/C28H29FO9/c1-18(2)25(30)34-12-11-33-14-28(16-36-27(32)37-17-28)15-35-22-8-5-20(6-9-22)21-7-10-24(23(29)13-21)38-26(31)19(3)4/h5-10,13H,1,3,11-12,14-17H2,2,4H3. The van der Waals surface area contributed by atoms with E-state index in [-0.39, 0.29) is 51.0 Å². The van der Waals surface area contributed by atoms with Gasteiger partial charge in [-0.1, -0.05) is 31.4 Å². The Labute approximate surface area is 219 Å². The third-order valence-corrected chi connectivity index (χ3v) is 5.43. The first kappa shape index (κ1) is 28.4. The van der Waals surface area contributed by atoms with Gasteiger partial charge in [-0.25, -0.2) is 18.8 Å². The molecule has 0 radical (unpaired) electrons. The van der Waals surface area contributed by atoms with Gasteiger partial charge in [-0.15, -0.1) is 0 Å². The van der Waals surface area contributed by atoms with E-state index in [1.54, 1.807) is 37.3 Å². The Morgan fingerprint density at radius 3 is 2.16 bits per heavy atom. The molecule has 0 N–H and O–H groups in total. The van der Waals surface area contributed by atoms with Crippen LogP contribution in [0, 0.1) is 11.2 Å². The lowest BCUT2D eigenvalue weighted by Gasteiger charge is -2.35. The maximum atomic E-state index is 14.4. The van der Waals surface area contributed by atoms with Gasteiger partial charge in [-0.2, -0.15) is 0 Å². The summed E-state index contributed by atoms with van der Waals surface area (Å²) in [4.78, 5) is 34.5. The van der Waals surface area contributed by atoms with Crippen molar-refractivity contribution in [2.24, 2.45) is 5.41 Å². The van der Waals surface area contributed by atoms with Gasteiger partial charge in [-0.3, -0.25) is 0 Å². The van der Waals surface area contributed by atoms with Crippen molar-refractivity contribution in [3.05, 3.63) is 72.6 Å². The number of halogens is 1. The molecule has 0 aromatic heterocycles. The van der Waals surface area contributed by atoms with Gasteiger partial charge >= 0.3 is 18.1 Å². The molecule has 1 saturated heterocycles. The van der Waals surface area contributed by atoms with Crippen molar-refractivity contribution < 1.29 is 47.2 Å². The highest BCUT2D eigenvalue weighted by atomic mass is 19.1. The molecule has 38 heavy (non-hydrogen) atoms. The van der Waals surface area contributed by atoms with Crippen molar-refractivity contribution in [3.8, 4) is 22.6 Å². The average Bonchev–Trinajstić information content (AvgIpc) is 2.90. The Bertz CT molecular complexity index is 1190. The van der Waals surface area contributed by atoms with Crippen molar-refractivity contribution in [2.75, 3.05) is 39.6 Å². The van der Waals surface area contributed by atoms with Crippen LogP contribution < -0.4 is 9.47 Å². The molecule has 0 spiro atoms. The Hall–Kier alpha value is -4.18. The molecule has 2 aromatic carbocycles. The lowest BCUT2D eigenvalue weighted by molar-refractivity contribution is -0.143. The predicted octanol–water partition coefficient (Wildman–Crippen LogP) is 4.64. The molecule has 0 unspecified atom stereocenters. The van der Waals surface area contributed by atoms with Crippen molar-refractivity contribution >= 4 is 18.1 Å². The molecule has 1 fully saturated rings. The predicted molar refractivity (Wildman–Crippen MR) is 134 cm³/mol. The van der Waals surface area contributed by atoms with E-state index in [4.69, 9.17) is 28.4 Å².